The average Bonchev–Trinajstić information content (AvgIpc) is 3.22. The number of nitrogens with zero attached hydrogens (tertiary/aromatic N) is 2. The van der Waals surface area contributed by atoms with Gasteiger partial charge in [0.2, 0.25) is 0 Å². The molecule has 2 heterocycles. The van der Waals surface area contributed by atoms with Gasteiger partial charge in [-0.15, -0.1) is 0 Å². The molecular formula is C19H18BrN3O4. The number of ether oxygens (including phenoxy) is 1. The second kappa shape index (κ2) is 7.79. The van der Waals surface area contributed by atoms with Crippen molar-refractivity contribution in [1.29, 1.82) is 0 Å². The summed E-state index contributed by atoms with van der Waals surface area (Å²) in [6.45, 7) is 4.30. The van der Waals surface area contributed by atoms with Crippen LogP contribution >= 0.6 is 15.9 Å². The molecule has 0 radical (unpaired) electrons. The lowest BCUT2D eigenvalue weighted by atomic mass is 10.1. The topological polar surface area (TPSA) is 86.4 Å². The van der Waals surface area contributed by atoms with Gasteiger partial charge in [0, 0.05) is 10.2 Å². The lowest BCUT2D eigenvalue weighted by Crippen LogP contribution is -2.15. The van der Waals surface area contributed by atoms with Crippen molar-refractivity contribution in [3.8, 4) is 0 Å². The lowest BCUT2D eigenvalue weighted by Gasteiger charge is -2.09. The number of carbonyl (C=O) groups is 2. The van der Waals surface area contributed by atoms with Crippen LogP contribution in [0, 0.1) is 13.8 Å². The van der Waals surface area contributed by atoms with Gasteiger partial charge >= 0.3 is 5.97 Å². The quantitative estimate of drug-likeness (QED) is 0.618. The predicted octanol–water partition coefficient (Wildman–Crippen LogP) is 3.94. The van der Waals surface area contributed by atoms with Crippen LogP contribution < -0.4 is 5.32 Å². The van der Waals surface area contributed by atoms with Crippen molar-refractivity contribution in [2.75, 3.05) is 12.4 Å². The minimum Gasteiger partial charge on any atom is -0.465 e. The summed E-state index contributed by atoms with van der Waals surface area (Å²) in [6.07, 6.45) is 0. The minimum atomic E-state index is -0.545. The molecule has 0 saturated heterocycles. The largest absolute Gasteiger partial charge is 0.465 e. The highest BCUT2D eigenvalue weighted by molar-refractivity contribution is 9.10. The van der Waals surface area contributed by atoms with E-state index in [9.17, 15) is 9.59 Å². The summed E-state index contributed by atoms with van der Waals surface area (Å²) in [7, 11) is 1.28. The maximum atomic E-state index is 12.5. The second-order valence-corrected chi connectivity index (χ2v) is 6.90. The Balaban J connectivity index is 1.77. The third-order valence-corrected chi connectivity index (χ3v) is 4.42. The Bertz CT molecular complexity index is 1010. The summed E-state index contributed by atoms with van der Waals surface area (Å²) >= 11 is 3.30. The summed E-state index contributed by atoms with van der Waals surface area (Å²) in [4.78, 5) is 24.4. The van der Waals surface area contributed by atoms with Gasteiger partial charge < -0.3 is 14.5 Å². The molecule has 0 bridgehead atoms. The van der Waals surface area contributed by atoms with Crippen LogP contribution in [0.25, 0.3) is 0 Å². The maximum absolute atomic E-state index is 12.5. The second-order valence-electron chi connectivity index (χ2n) is 5.99. The zero-order valence-corrected chi connectivity index (χ0v) is 16.7. The molecule has 8 heteroatoms. The fraction of sp³-hybridized carbons (Fsp3) is 0.211. The first-order valence-corrected chi connectivity index (χ1v) is 8.95. The summed E-state index contributed by atoms with van der Waals surface area (Å²) in [5.74, 6) is -0.251. The highest BCUT2D eigenvalue weighted by Gasteiger charge is 2.18. The highest BCUT2D eigenvalue weighted by Crippen LogP contribution is 2.23. The number of anilines is 1. The number of carbonyl (C=O) groups excluding carboxylic acids is 2. The van der Waals surface area contributed by atoms with Crippen LogP contribution in [0.5, 0.6) is 0 Å². The zero-order valence-electron chi connectivity index (χ0n) is 15.1. The first-order valence-electron chi connectivity index (χ1n) is 8.16. The van der Waals surface area contributed by atoms with Crippen LogP contribution in [0.15, 0.2) is 45.3 Å². The molecule has 3 rings (SSSR count). The third-order valence-electron chi connectivity index (χ3n) is 3.93. The lowest BCUT2D eigenvalue weighted by molar-refractivity contribution is 0.0602. The third kappa shape index (κ3) is 4.28. The van der Waals surface area contributed by atoms with Crippen molar-refractivity contribution in [1.82, 2.24) is 9.78 Å². The van der Waals surface area contributed by atoms with E-state index in [2.05, 4.69) is 26.3 Å². The van der Waals surface area contributed by atoms with Gasteiger partial charge in [-0.3, -0.25) is 9.48 Å². The van der Waals surface area contributed by atoms with Gasteiger partial charge in [-0.05, 0) is 50.2 Å². The van der Waals surface area contributed by atoms with E-state index in [1.165, 1.54) is 7.11 Å². The van der Waals surface area contributed by atoms with E-state index in [1.54, 1.807) is 35.0 Å². The first-order chi connectivity index (χ1) is 12.9. The zero-order chi connectivity index (χ0) is 19.6. The Hall–Kier alpha value is -2.87. The number of benzene rings is 1. The van der Waals surface area contributed by atoms with E-state index in [1.807, 2.05) is 19.9 Å². The minimum absolute atomic E-state index is 0.144. The fourth-order valence-corrected chi connectivity index (χ4v) is 3.02. The molecule has 7 nitrogen and oxygen atoms in total. The molecule has 0 aliphatic rings. The SMILES string of the molecule is COC(=O)c1cc(Br)ccc1NC(=O)c1ccc(Cn2nc(C)cc2C)o1. The van der Waals surface area contributed by atoms with Crippen LogP contribution in [-0.4, -0.2) is 28.8 Å². The van der Waals surface area contributed by atoms with Crippen molar-refractivity contribution in [3.05, 3.63) is 69.3 Å². The molecule has 0 atom stereocenters. The normalized spacial score (nSPS) is 10.7. The molecule has 3 aromatic rings. The standard InChI is InChI=1S/C19H18BrN3O4/c1-11-8-12(2)23(22-11)10-14-5-7-17(27-14)18(24)21-16-6-4-13(20)9-15(16)19(25)26-3/h4-9H,10H2,1-3H3,(H,21,24). The van der Waals surface area contributed by atoms with Crippen molar-refractivity contribution in [3.63, 3.8) is 0 Å². The Labute approximate surface area is 164 Å². The number of halogens is 1. The van der Waals surface area contributed by atoms with Crippen molar-refractivity contribution >= 4 is 33.5 Å². The molecule has 0 aliphatic heterocycles. The molecular weight excluding hydrogens is 414 g/mol. The predicted molar refractivity (Wildman–Crippen MR) is 103 cm³/mol. The van der Waals surface area contributed by atoms with Gasteiger partial charge in [0.15, 0.2) is 5.76 Å². The Morgan fingerprint density at radius 1 is 1.22 bits per heavy atom. The molecule has 2 aromatic heterocycles. The van der Waals surface area contributed by atoms with Crippen LogP contribution in [-0.2, 0) is 11.3 Å². The van der Waals surface area contributed by atoms with Crippen LogP contribution in [0.4, 0.5) is 5.69 Å². The molecule has 27 heavy (non-hydrogen) atoms. The molecule has 0 saturated carbocycles. The van der Waals surface area contributed by atoms with Crippen LogP contribution in [0.1, 0.15) is 38.1 Å². The Morgan fingerprint density at radius 2 is 2.00 bits per heavy atom. The number of aromatic nitrogens is 2. The first kappa shape index (κ1) is 18.9. The van der Waals surface area contributed by atoms with Gasteiger partial charge in [-0.2, -0.15) is 5.10 Å². The van der Waals surface area contributed by atoms with Gasteiger partial charge in [0.05, 0.1) is 30.6 Å². The van der Waals surface area contributed by atoms with E-state index in [0.29, 0.717) is 22.5 Å². The number of esters is 1. The molecule has 1 amide bonds. The summed E-state index contributed by atoms with van der Waals surface area (Å²) < 4.78 is 12.9. The summed E-state index contributed by atoms with van der Waals surface area (Å²) in [5, 5.41) is 7.06. The molecule has 1 aromatic carbocycles. The number of furan rings is 1. The monoisotopic (exact) mass is 431 g/mol. The van der Waals surface area contributed by atoms with Crippen LogP contribution in [0.3, 0.4) is 0 Å². The van der Waals surface area contributed by atoms with E-state index in [0.717, 1.165) is 11.4 Å². The van der Waals surface area contributed by atoms with E-state index < -0.39 is 11.9 Å². The smallest absolute Gasteiger partial charge is 0.340 e. The Morgan fingerprint density at radius 3 is 2.67 bits per heavy atom. The van der Waals surface area contributed by atoms with E-state index in [-0.39, 0.29) is 11.3 Å². The Kier molecular flexibility index (Phi) is 5.46. The molecule has 140 valence electrons. The van der Waals surface area contributed by atoms with Crippen molar-refractivity contribution in [2.45, 2.75) is 20.4 Å². The van der Waals surface area contributed by atoms with Crippen molar-refractivity contribution < 1.29 is 18.7 Å². The number of rotatable bonds is 5. The number of aryl methyl sites for hydroxylation is 2. The van der Waals surface area contributed by atoms with Crippen molar-refractivity contribution in [2.24, 2.45) is 0 Å². The molecule has 1 N–H and O–H groups in total. The number of hydrogen-bond acceptors (Lipinski definition) is 5. The molecule has 0 aliphatic carbocycles. The number of methoxy groups -OCH3 is 1. The van der Waals surface area contributed by atoms with Gasteiger partial charge in [0.1, 0.15) is 5.76 Å². The number of amides is 1. The van der Waals surface area contributed by atoms with Crippen LogP contribution in [0.2, 0.25) is 0 Å². The van der Waals surface area contributed by atoms with E-state index >= 15 is 0 Å². The summed E-state index contributed by atoms with van der Waals surface area (Å²) in [6, 6.07) is 10.2. The van der Waals surface area contributed by atoms with Gasteiger partial charge in [0.25, 0.3) is 5.91 Å². The fourth-order valence-electron chi connectivity index (χ4n) is 2.66. The van der Waals surface area contributed by atoms with E-state index in [4.69, 9.17) is 9.15 Å². The van der Waals surface area contributed by atoms with Gasteiger partial charge in [-0.25, -0.2) is 4.79 Å². The maximum Gasteiger partial charge on any atom is 0.340 e. The highest BCUT2D eigenvalue weighted by atomic mass is 79.9. The molecule has 0 spiro atoms. The summed E-state index contributed by atoms with van der Waals surface area (Å²) in [5.41, 5.74) is 2.51. The molecule has 0 unspecified atom stereocenters. The average molecular weight is 432 g/mol. The van der Waals surface area contributed by atoms with Gasteiger partial charge in [-0.1, -0.05) is 15.9 Å². The molecule has 0 fully saturated rings. The number of hydrogen-bond donors (Lipinski definition) is 1. The number of nitrogens with one attached hydrogen (secondary N) is 1.